The largest absolute Gasteiger partial charge is 0.497 e. The fourth-order valence-electron chi connectivity index (χ4n) is 1.20. The van der Waals surface area contributed by atoms with Crippen LogP contribution in [0.1, 0.15) is 5.56 Å². The van der Waals surface area contributed by atoms with Crippen molar-refractivity contribution in [2.75, 3.05) is 20.8 Å². The van der Waals surface area contributed by atoms with Crippen molar-refractivity contribution in [1.29, 1.82) is 0 Å². The lowest BCUT2D eigenvalue weighted by atomic mass is 10.1. The Hall–Kier alpha value is -1.52. The molecule has 0 unspecified atom stereocenters. The van der Waals surface area contributed by atoms with Crippen molar-refractivity contribution in [2.45, 2.75) is 0 Å². The number of rotatable bonds is 5. The zero-order valence-corrected chi connectivity index (χ0v) is 8.90. The summed E-state index contributed by atoms with van der Waals surface area (Å²) in [5, 5.41) is 0. The zero-order valence-electron chi connectivity index (χ0n) is 8.90. The Balaban J connectivity index is 2.90. The maximum atomic E-state index is 5.20. The van der Waals surface area contributed by atoms with Crippen LogP contribution in [0.2, 0.25) is 0 Å². The summed E-state index contributed by atoms with van der Waals surface area (Å²) in [4.78, 5) is 4.43. The van der Waals surface area contributed by atoms with Gasteiger partial charge >= 0.3 is 0 Å². The second-order valence-corrected chi connectivity index (χ2v) is 2.84. The summed E-state index contributed by atoms with van der Waals surface area (Å²) >= 11 is 0. The highest BCUT2D eigenvalue weighted by Gasteiger charge is 2.00. The van der Waals surface area contributed by atoms with Crippen molar-refractivity contribution >= 4 is 6.08 Å². The van der Waals surface area contributed by atoms with Crippen molar-refractivity contribution in [2.24, 2.45) is 5.90 Å². The van der Waals surface area contributed by atoms with Gasteiger partial charge in [0.05, 0.1) is 20.8 Å². The molecule has 0 aliphatic heterocycles. The van der Waals surface area contributed by atoms with E-state index < -0.39 is 0 Å². The number of methoxy groups -OCH3 is 2. The Labute approximate surface area is 89.2 Å². The van der Waals surface area contributed by atoms with Crippen LogP contribution in [-0.2, 0) is 4.84 Å². The quantitative estimate of drug-likeness (QED) is 0.748. The molecule has 1 rings (SSSR count). The van der Waals surface area contributed by atoms with Gasteiger partial charge < -0.3 is 14.3 Å². The molecule has 0 amide bonds. The van der Waals surface area contributed by atoms with Crippen molar-refractivity contribution in [3.63, 3.8) is 0 Å². The molecule has 4 nitrogen and oxygen atoms in total. The van der Waals surface area contributed by atoms with Crippen molar-refractivity contribution in [1.82, 2.24) is 0 Å². The van der Waals surface area contributed by atoms with Gasteiger partial charge in [0.25, 0.3) is 0 Å². The van der Waals surface area contributed by atoms with Gasteiger partial charge in [0.2, 0.25) is 0 Å². The number of hydrogen-bond donors (Lipinski definition) is 1. The fraction of sp³-hybridized carbons (Fsp3) is 0.273. The van der Waals surface area contributed by atoms with Crippen molar-refractivity contribution in [3.05, 3.63) is 29.8 Å². The van der Waals surface area contributed by atoms with Gasteiger partial charge in [-0.1, -0.05) is 12.2 Å². The smallest absolute Gasteiger partial charge is 0.126 e. The minimum Gasteiger partial charge on any atom is -0.497 e. The van der Waals surface area contributed by atoms with Gasteiger partial charge in [-0.05, 0) is 18.2 Å². The molecule has 0 aliphatic carbocycles. The van der Waals surface area contributed by atoms with Crippen LogP contribution in [0.4, 0.5) is 0 Å². The minimum atomic E-state index is 0.361. The van der Waals surface area contributed by atoms with Crippen LogP contribution in [0.5, 0.6) is 11.5 Å². The van der Waals surface area contributed by atoms with Gasteiger partial charge in [-0.3, -0.25) is 0 Å². The van der Waals surface area contributed by atoms with E-state index in [1.807, 2.05) is 24.3 Å². The summed E-state index contributed by atoms with van der Waals surface area (Å²) in [6, 6.07) is 5.57. The van der Waals surface area contributed by atoms with E-state index in [-0.39, 0.29) is 0 Å². The zero-order chi connectivity index (χ0) is 11.1. The summed E-state index contributed by atoms with van der Waals surface area (Å²) in [5.74, 6) is 6.48. The predicted molar refractivity (Wildman–Crippen MR) is 58.7 cm³/mol. The van der Waals surface area contributed by atoms with E-state index in [2.05, 4.69) is 4.84 Å². The predicted octanol–water partition coefficient (Wildman–Crippen LogP) is 1.61. The van der Waals surface area contributed by atoms with Crippen molar-refractivity contribution in [3.8, 4) is 11.5 Å². The lowest BCUT2D eigenvalue weighted by Crippen LogP contribution is -1.97. The van der Waals surface area contributed by atoms with Gasteiger partial charge in [-0.25, -0.2) is 5.90 Å². The van der Waals surface area contributed by atoms with Crippen LogP contribution in [0.3, 0.4) is 0 Å². The number of hydrogen-bond acceptors (Lipinski definition) is 4. The third-order valence-corrected chi connectivity index (χ3v) is 1.93. The highest BCUT2D eigenvalue weighted by atomic mass is 16.6. The van der Waals surface area contributed by atoms with E-state index in [0.717, 1.165) is 17.1 Å². The van der Waals surface area contributed by atoms with Crippen LogP contribution in [0.15, 0.2) is 24.3 Å². The lowest BCUT2D eigenvalue weighted by Gasteiger charge is -2.06. The molecule has 0 fully saturated rings. The molecule has 82 valence electrons. The van der Waals surface area contributed by atoms with Crippen LogP contribution in [-0.4, -0.2) is 20.8 Å². The van der Waals surface area contributed by atoms with E-state index in [9.17, 15) is 0 Å². The van der Waals surface area contributed by atoms with E-state index in [1.165, 1.54) is 0 Å². The Morgan fingerprint density at radius 3 is 2.67 bits per heavy atom. The van der Waals surface area contributed by atoms with Gasteiger partial charge in [0.1, 0.15) is 11.5 Å². The molecule has 0 saturated heterocycles. The first-order valence-corrected chi connectivity index (χ1v) is 4.52. The first-order chi connectivity index (χ1) is 7.31. The number of benzene rings is 1. The first kappa shape index (κ1) is 11.6. The average Bonchev–Trinajstić information content (AvgIpc) is 2.29. The Morgan fingerprint density at radius 2 is 2.07 bits per heavy atom. The molecule has 2 N–H and O–H groups in total. The van der Waals surface area contributed by atoms with Crippen LogP contribution in [0, 0.1) is 0 Å². The molecular formula is C11H15NO3. The lowest BCUT2D eigenvalue weighted by molar-refractivity contribution is 0.168. The summed E-state index contributed by atoms with van der Waals surface area (Å²) in [6.45, 7) is 0.361. The summed E-state index contributed by atoms with van der Waals surface area (Å²) in [7, 11) is 3.25. The van der Waals surface area contributed by atoms with Gasteiger partial charge in [0.15, 0.2) is 0 Å². The molecule has 1 aromatic carbocycles. The number of ether oxygens (including phenoxy) is 2. The summed E-state index contributed by atoms with van der Waals surface area (Å²) in [6.07, 6.45) is 3.67. The third kappa shape index (κ3) is 3.27. The van der Waals surface area contributed by atoms with Crippen LogP contribution >= 0.6 is 0 Å². The van der Waals surface area contributed by atoms with E-state index in [4.69, 9.17) is 15.4 Å². The highest BCUT2D eigenvalue weighted by Crippen LogP contribution is 2.24. The molecule has 0 spiro atoms. The molecule has 1 aromatic rings. The van der Waals surface area contributed by atoms with Crippen LogP contribution < -0.4 is 15.4 Å². The molecule has 4 heteroatoms. The molecule has 0 aliphatic rings. The van der Waals surface area contributed by atoms with Gasteiger partial charge in [-0.15, -0.1) is 0 Å². The van der Waals surface area contributed by atoms with Crippen LogP contribution in [0.25, 0.3) is 6.08 Å². The van der Waals surface area contributed by atoms with E-state index in [0.29, 0.717) is 6.61 Å². The topological polar surface area (TPSA) is 53.7 Å². The summed E-state index contributed by atoms with van der Waals surface area (Å²) < 4.78 is 10.3. The molecule has 0 atom stereocenters. The standard InChI is InChI=1S/C11H15NO3/c1-13-10-5-6-11(14-2)9(8-10)4-3-7-15-12/h3-6,8H,7,12H2,1-2H3/b4-3+. The highest BCUT2D eigenvalue weighted by molar-refractivity contribution is 5.59. The molecular weight excluding hydrogens is 194 g/mol. The molecule has 0 bridgehead atoms. The SMILES string of the molecule is COc1ccc(OC)c(/C=C/CON)c1. The molecule has 15 heavy (non-hydrogen) atoms. The van der Waals surface area contributed by atoms with E-state index >= 15 is 0 Å². The molecule has 0 saturated carbocycles. The Bertz CT molecular complexity index is 337. The monoisotopic (exact) mass is 209 g/mol. The average molecular weight is 209 g/mol. The molecule has 0 aromatic heterocycles. The maximum absolute atomic E-state index is 5.20. The normalized spacial score (nSPS) is 10.6. The second-order valence-electron chi connectivity index (χ2n) is 2.84. The molecule has 0 heterocycles. The fourth-order valence-corrected chi connectivity index (χ4v) is 1.20. The second kappa shape index (κ2) is 6.06. The van der Waals surface area contributed by atoms with Crippen molar-refractivity contribution < 1.29 is 14.3 Å². The van der Waals surface area contributed by atoms with E-state index in [1.54, 1.807) is 20.3 Å². The van der Waals surface area contributed by atoms with Gasteiger partial charge in [-0.2, -0.15) is 0 Å². The Morgan fingerprint density at radius 1 is 1.27 bits per heavy atom. The summed E-state index contributed by atoms with van der Waals surface area (Å²) in [5.41, 5.74) is 0.925. The molecule has 0 radical (unpaired) electrons. The maximum Gasteiger partial charge on any atom is 0.126 e. The third-order valence-electron chi connectivity index (χ3n) is 1.93. The Kier molecular flexibility index (Phi) is 4.66. The van der Waals surface area contributed by atoms with Gasteiger partial charge in [0, 0.05) is 5.56 Å². The minimum absolute atomic E-state index is 0.361. The number of nitrogens with two attached hydrogens (primary N) is 1. The first-order valence-electron chi connectivity index (χ1n) is 4.52.